The van der Waals surface area contributed by atoms with Gasteiger partial charge in [0.1, 0.15) is 5.82 Å². The van der Waals surface area contributed by atoms with E-state index in [4.69, 9.17) is 0 Å². The van der Waals surface area contributed by atoms with Crippen molar-refractivity contribution in [3.05, 3.63) is 23.9 Å². The van der Waals surface area contributed by atoms with Crippen molar-refractivity contribution in [3.63, 3.8) is 0 Å². The first-order chi connectivity index (χ1) is 9.88. The summed E-state index contributed by atoms with van der Waals surface area (Å²) >= 11 is 0. The van der Waals surface area contributed by atoms with Crippen molar-refractivity contribution in [2.24, 2.45) is 5.92 Å². The Morgan fingerprint density at radius 1 is 1.43 bits per heavy atom. The smallest absolute Gasteiger partial charge is 0.354 e. The van der Waals surface area contributed by atoms with E-state index in [9.17, 15) is 13.2 Å². The van der Waals surface area contributed by atoms with Crippen molar-refractivity contribution < 1.29 is 13.2 Å². The van der Waals surface area contributed by atoms with Crippen LogP contribution in [-0.4, -0.2) is 30.7 Å². The third-order valence-corrected chi connectivity index (χ3v) is 3.84. The maximum atomic E-state index is 12.8. The predicted octanol–water partition coefficient (Wildman–Crippen LogP) is 3.31. The lowest BCUT2D eigenvalue weighted by atomic mass is 9.98. The Balaban J connectivity index is 2.17. The standard InChI is InChI=1S/C15H22F3N3/c1-11(2)21(10-12-4-3-6-19-9-12)14-8-13(5-7-20-14)15(16,17)18/h5,7-8,11-12,19H,3-4,6,9-10H2,1-2H3. The van der Waals surface area contributed by atoms with Crippen molar-refractivity contribution in [1.29, 1.82) is 0 Å². The van der Waals surface area contributed by atoms with Gasteiger partial charge in [0, 0.05) is 18.8 Å². The summed E-state index contributed by atoms with van der Waals surface area (Å²) in [6.07, 6.45) is -0.860. The molecule has 0 saturated carbocycles. The lowest BCUT2D eigenvalue weighted by Gasteiger charge is -2.34. The van der Waals surface area contributed by atoms with Crippen LogP contribution >= 0.6 is 0 Å². The van der Waals surface area contributed by atoms with Crippen LogP contribution < -0.4 is 10.2 Å². The summed E-state index contributed by atoms with van der Waals surface area (Å²) in [7, 11) is 0. The quantitative estimate of drug-likeness (QED) is 0.925. The van der Waals surface area contributed by atoms with E-state index in [0.29, 0.717) is 11.7 Å². The number of aromatic nitrogens is 1. The zero-order chi connectivity index (χ0) is 15.5. The monoisotopic (exact) mass is 301 g/mol. The summed E-state index contributed by atoms with van der Waals surface area (Å²) in [4.78, 5) is 6.11. The predicted molar refractivity (Wildman–Crippen MR) is 77.3 cm³/mol. The van der Waals surface area contributed by atoms with Gasteiger partial charge in [0.25, 0.3) is 0 Å². The molecule has 1 fully saturated rings. The van der Waals surface area contributed by atoms with Crippen molar-refractivity contribution in [2.45, 2.75) is 38.9 Å². The molecule has 0 aliphatic carbocycles. The highest BCUT2D eigenvalue weighted by Crippen LogP contribution is 2.31. The molecule has 1 saturated heterocycles. The maximum Gasteiger partial charge on any atom is 0.416 e. The molecule has 2 heterocycles. The van der Waals surface area contributed by atoms with Gasteiger partial charge in [-0.2, -0.15) is 13.2 Å². The van der Waals surface area contributed by atoms with E-state index < -0.39 is 11.7 Å². The van der Waals surface area contributed by atoms with Gasteiger partial charge in [-0.3, -0.25) is 0 Å². The number of alkyl halides is 3. The Kier molecular flexibility index (Phi) is 5.08. The van der Waals surface area contributed by atoms with Gasteiger partial charge in [0.2, 0.25) is 0 Å². The molecular formula is C15H22F3N3. The maximum absolute atomic E-state index is 12.8. The molecule has 118 valence electrons. The fourth-order valence-electron chi connectivity index (χ4n) is 2.68. The zero-order valence-electron chi connectivity index (χ0n) is 12.5. The van der Waals surface area contributed by atoms with E-state index in [0.717, 1.165) is 44.6 Å². The topological polar surface area (TPSA) is 28.2 Å². The molecule has 1 unspecified atom stereocenters. The minimum Gasteiger partial charge on any atom is -0.354 e. The second kappa shape index (κ2) is 6.64. The normalized spacial score (nSPS) is 19.8. The minimum atomic E-state index is -4.33. The SMILES string of the molecule is CC(C)N(CC1CCCNC1)c1cc(C(F)(F)F)ccn1. The van der Waals surface area contributed by atoms with Crippen molar-refractivity contribution in [2.75, 3.05) is 24.5 Å². The van der Waals surface area contributed by atoms with Crippen LogP contribution in [0.1, 0.15) is 32.3 Å². The van der Waals surface area contributed by atoms with Gasteiger partial charge in [0.05, 0.1) is 5.56 Å². The molecule has 21 heavy (non-hydrogen) atoms. The number of piperidine rings is 1. The van der Waals surface area contributed by atoms with E-state index in [2.05, 4.69) is 10.3 Å². The van der Waals surface area contributed by atoms with Crippen molar-refractivity contribution in [3.8, 4) is 0 Å². The summed E-state index contributed by atoms with van der Waals surface area (Å²) in [6.45, 7) is 6.65. The molecule has 0 radical (unpaired) electrons. The number of hydrogen-bond donors (Lipinski definition) is 1. The molecule has 1 atom stereocenters. The van der Waals surface area contributed by atoms with Gasteiger partial charge in [0.15, 0.2) is 0 Å². The molecule has 1 aromatic rings. The van der Waals surface area contributed by atoms with Crippen LogP contribution in [0.3, 0.4) is 0 Å². The Morgan fingerprint density at radius 3 is 2.76 bits per heavy atom. The molecule has 1 aromatic heterocycles. The Morgan fingerprint density at radius 2 is 2.19 bits per heavy atom. The summed E-state index contributed by atoms with van der Waals surface area (Å²) in [5, 5.41) is 3.34. The molecule has 0 spiro atoms. The van der Waals surface area contributed by atoms with Crippen LogP contribution in [0.4, 0.5) is 19.0 Å². The molecular weight excluding hydrogens is 279 g/mol. The van der Waals surface area contributed by atoms with Crippen LogP contribution in [0, 0.1) is 5.92 Å². The third-order valence-electron chi connectivity index (χ3n) is 3.84. The van der Waals surface area contributed by atoms with E-state index in [1.165, 1.54) is 6.20 Å². The number of nitrogens with one attached hydrogen (secondary N) is 1. The summed E-state index contributed by atoms with van der Waals surface area (Å²) in [5.41, 5.74) is -0.639. The summed E-state index contributed by atoms with van der Waals surface area (Å²) in [5.74, 6) is 0.864. The molecule has 0 bridgehead atoms. The molecule has 1 N–H and O–H groups in total. The van der Waals surface area contributed by atoms with Crippen molar-refractivity contribution >= 4 is 5.82 Å². The van der Waals surface area contributed by atoms with E-state index in [-0.39, 0.29) is 6.04 Å². The first-order valence-electron chi connectivity index (χ1n) is 7.38. The van der Waals surface area contributed by atoms with Gasteiger partial charge >= 0.3 is 6.18 Å². The lowest BCUT2D eigenvalue weighted by Crippen LogP contribution is -2.41. The molecule has 0 amide bonds. The summed E-state index contributed by atoms with van der Waals surface area (Å²) in [6, 6.07) is 2.28. The van der Waals surface area contributed by atoms with Gasteiger partial charge in [-0.05, 0) is 57.8 Å². The number of rotatable bonds is 4. The number of pyridine rings is 1. The van der Waals surface area contributed by atoms with E-state index in [1.807, 2.05) is 18.7 Å². The molecule has 0 aromatic carbocycles. The molecule has 1 aliphatic heterocycles. The molecule has 2 rings (SSSR count). The second-order valence-electron chi connectivity index (χ2n) is 5.86. The van der Waals surface area contributed by atoms with Gasteiger partial charge in [-0.1, -0.05) is 0 Å². The average molecular weight is 301 g/mol. The number of nitrogens with zero attached hydrogens (tertiary/aromatic N) is 2. The zero-order valence-corrected chi connectivity index (χ0v) is 12.5. The highest BCUT2D eigenvalue weighted by atomic mass is 19.4. The van der Waals surface area contributed by atoms with E-state index >= 15 is 0 Å². The first kappa shape index (κ1) is 16.1. The first-order valence-corrected chi connectivity index (χ1v) is 7.38. The molecule has 6 heteroatoms. The summed E-state index contributed by atoms with van der Waals surface area (Å²) < 4.78 is 38.5. The highest BCUT2D eigenvalue weighted by molar-refractivity contribution is 5.42. The van der Waals surface area contributed by atoms with Crippen LogP contribution in [0.2, 0.25) is 0 Å². The van der Waals surface area contributed by atoms with Crippen LogP contribution in [-0.2, 0) is 6.18 Å². The third kappa shape index (κ3) is 4.33. The fraction of sp³-hybridized carbons (Fsp3) is 0.667. The van der Waals surface area contributed by atoms with Crippen LogP contribution in [0.15, 0.2) is 18.3 Å². The van der Waals surface area contributed by atoms with E-state index in [1.54, 1.807) is 0 Å². The Bertz CT molecular complexity index is 454. The average Bonchev–Trinajstić information content (AvgIpc) is 2.45. The van der Waals surface area contributed by atoms with Gasteiger partial charge in [-0.15, -0.1) is 0 Å². The number of halogens is 3. The largest absolute Gasteiger partial charge is 0.416 e. The van der Waals surface area contributed by atoms with Gasteiger partial charge < -0.3 is 10.2 Å². The highest BCUT2D eigenvalue weighted by Gasteiger charge is 2.31. The number of hydrogen-bond acceptors (Lipinski definition) is 3. The Hall–Kier alpha value is -1.30. The molecule has 1 aliphatic rings. The molecule has 3 nitrogen and oxygen atoms in total. The van der Waals surface area contributed by atoms with Crippen LogP contribution in [0.5, 0.6) is 0 Å². The Labute approximate surface area is 123 Å². The van der Waals surface area contributed by atoms with Crippen molar-refractivity contribution in [1.82, 2.24) is 10.3 Å². The lowest BCUT2D eigenvalue weighted by molar-refractivity contribution is -0.137. The fourth-order valence-corrected chi connectivity index (χ4v) is 2.68. The minimum absolute atomic E-state index is 0.114. The van der Waals surface area contributed by atoms with Crippen LogP contribution in [0.25, 0.3) is 0 Å². The second-order valence-corrected chi connectivity index (χ2v) is 5.86. The number of anilines is 1. The van der Waals surface area contributed by atoms with Gasteiger partial charge in [-0.25, -0.2) is 4.98 Å².